The van der Waals surface area contributed by atoms with Gasteiger partial charge in [0.1, 0.15) is 0 Å². The highest BCUT2D eigenvalue weighted by Crippen LogP contribution is 2.19. The highest BCUT2D eigenvalue weighted by molar-refractivity contribution is 4.85. The van der Waals surface area contributed by atoms with E-state index in [-0.39, 0.29) is 0 Å². The van der Waals surface area contributed by atoms with Crippen LogP contribution in [0, 0.1) is 0 Å². The number of rotatable bonds is 7. The van der Waals surface area contributed by atoms with Gasteiger partial charge in [0.15, 0.2) is 0 Å². The van der Waals surface area contributed by atoms with Crippen molar-refractivity contribution in [3.05, 3.63) is 18.5 Å². The lowest BCUT2D eigenvalue weighted by molar-refractivity contribution is 0.113. The Morgan fingerprint density at radius 1 is 1.37 bits per heavy atom. The molecule has 1 fully saturated rings. The Morgan fingerprint density at radius 2 is 2.26 bits per heavy atom. The zero-order valence-electron chi connectivity index (χ0n) is 12.4. The van der Waals surface area contributed by atoms with Gasteiger partial charge >= 0.3 is 0 Å². The van der Waals surface area contributed by atoms with Gasteiger partial charge in [0, 0.05) is 31.0 Å². The number of aromatic nitrogens is 2. The molecule has 0 bridgehead atoms. The third kappa shape index (κ3) is 4.32. The number of nitrogens with zero attached hydrogens (tertiary/aromatic N) is 3. The zero-order chi connectivity index (χ0) is 13.5. The lowest BCUT2D eigenvalue weighted by atomic mass is 9.96. The van der Waals surface area contributed by atoms with Gasteiger partial charge in [0.2, 0.25) is 0 Å². The Bertz CT molecular complexity index is 336. The molecule has 0 spiro atoms. The molecule has 1 aromatic rings. The third-order valence-corrected chi connectivity index (χ3v) is 4.13. The summed E-state index contributed by atoms with van der Waals surface area (Å²) in [6.07, 6.45) is 9.18. The second-order valence-electron chi connectivity index (χ2n) is 5.61. The quantitative estimate of drug-likeness (QED) is 0.819. The van der Waals surface area contributed by atoms with Gasteiger partial charge in [-0.05, 0) is 45.3 Å². The maximum Gasteiger partial charge on any atom is 0.0536 e. The first-order valence-corrected chi connectivity index (χ1v) is 7.76. The minimum absolute atomic E-state index is 0.595. The monoisotopic (exact) mass is 264 g/mol. The fourth-order valence-electron chi connectivity index (χ4n) is 3.03. The van der Waals surface area contributed by atoms with Crippen molar-refractivity contribution in [2.45, 2.75) is 58.2 Å². The number of piperidine rings is 1. The molecule has 0 aliphatic carbocycles. The smallest absolute Gasteiger partial charge is 0.0536 e. The van der Waals surface area contributed by atoms with Gasteiger partial charge in [0.05, 0.1) is 6.54 Å². The molecule has 4 nitrogen and oxygen atoms in total. The number of hydrogen-bond acceptors (Lipinski definition) is 3. The van der Waals surface area contributed by atoms with Crippen LogP contribution in [0.1, 0.15) is 39.5 Å². The Hall–Kier alpha value is -0.870. The van der Waals surface area contributed by atoms with Gasteiger partial charge in [-0.3, -0.25) is 9.58 Å². The maximum absolute atomic E-state index is 4.29. The summed E-state index contributed by atoms with van der Waals surface area (Å²) in [7, 11) is 0. The summed E-state index contributed by atoms with van der Waals surface area (Å²) in [4.78, 5) is 2.65. The van der Waals surface area contributed by atoms with Gasteiger partial charge < -0.3 is 5.32 Å². The van der Waals surface area contributed by atoms with Gasteiger partial charge in [0.25, 0.3) is 0 Å². The van der Waals surface area contributed by atoms with E-state index in [4.69, 9.17) is 0 Å². The van der Waals surface area contributed by atoms with Gasteiger partial charge in [-0.2, -0.15) is 5.10 Å². The molecule has 0 saturated carbocycles. The van der Waals surface area contributed by atoms with Crippen molar-refractivity contribution in [1.82, 2.24) is 20.0 Å². The van der Waals surface area contributed by atoms with Crippen molar-refractivity contribution in [2.24, 2.45) is 0 Å². The first-order valence-electron chi connectivity index (χ1n) is 7.76. The van der Waals surface area contributed by atoms with E-state index in [0.29, 0.717) is 12.1 Å². The molecule has 1 aliphatic heterocycles. The van der Waals surface area contributed by atoms with E-state index in [0.717, 1.165) is 19.6 Å². The highest BCUT2D eigenvalue weighted by Gasteiger charge is 2.26. The van der Waals surface area contributed by atoms with Crippen LogP contribution in [0.15, 0.2) is 18.5 Å². The molecular formula is C15H28N4. The number of nitrogens with one attached hydrogen (secondary N) is 1. The molecule has 2 heterocycles. The topological polar surface area (TPSA) is 33.1 Å². The molecule has 0 radical (unpaired) electrons. The maximum atomic E-state index is 4.29. The van der Waals surface area contributed by atoms with Crippen molar-refractivity contribution < 1.29 is 0 Å². The van der Waals surface area contributed by atoms with E-state index in [1.165, 1.54) is 32.2 Å². The van der Waals surface area contributed by atoms with Crippen molar-refractivity contribution in [2.75, 3.05) is 19.6 Å². The summed E-state index contributed by atoms with van der Waals surface area (Å²) in [6.45, 7) is 9.06. The molecule has 0 aromatic carbocycles. The first-order chi connectivity index (χ1) is 9.31. The minimum Gasteiger partial charge on any atom is -0.313 e. The van der Waals surface area contributed by atoms with Crippen molar-refractivity contribution >= 4 is 0 Å². The summed E-state index contributed by atoms with van der Waals surface area (Å²) in [6, 6.07) is 3.28. The molecular weight excluding hydrogens is 236 g/mol. The summed E-state index contributed by atoms with van der Waals surface area (Å²) in [5, 5.41) is 7.96. The van der Waals surface area contributed by atoms with E-state index in [1.807, 2.05) is 16.9 Å². The van der Waals surface area contributed by atoms with Crippen LogP contribution in [0.5, 0.6) is 0 Å². The van der Waals surface area contributed by atoms with Crippen LogP contribution >= 0.6 is 0 Å². The van der Waals surface area contributed by atoms with Crippen LogP contribution in [0.25, 0.3) is 0 Å². The van der Waals surface area contributed by atoms with Crippen molar-refractivity contribution in [1.29, 1.82) is 0 Å². The van der Waals surface area contributed by atoms with Crippen molar-refractivity contribution in [3.63, 3.8) is 0 Å². The van der Waals surface area contributed by atoms with Crippen molar-refractivity contribution in [3.8, 4) is 0 Å². The predicted molar refractivity (Wildman–Crippen MR) is 79.2 cm³/mol. The normalized spacial score (nSPS) is 22.5. The Morgan fingerprint density at radius 3 is 3.00 bits per heavy atom. The largest absolute Gasteiger partial charge is 0.313 e. The number of hydrogen-bond donors (Lipinski definition) is 1. The molecule has 2 atom stereocenters. The van der Waals surface area contributed by atoms with E-state index < -0.39 is 0 Å². The fraction of sp³-hybridized carbons (Fsp3) is 0.800. The Kier molecular flexibility index (Phi) is 5.86. The zero-order valence-corrected chi connectivity index (χ0v) is 12.4. The van der Waals surface area contributed by atoms with Crippen LogP contribution in [0.2, 0.25) is 0 Å². The van der Waals surface area contributed by atoms with Crippen LogP contribution in [-0.2, 0) is 6.54 Å². The van der Waals surface area contributed by atoms with Gasteiger partial charge in [-0.25, -0.2) is 0 Å². The summed E-state index contributed by atoms with van der Waals surface area (Å²) < 4.78 is 2.04. The van der Waals surface area contributed by atoms with Crippen LogP contribution in [-0.4, -0.2) is 46.4 Å². The molecule has 0 amide bonds. The molecule has 1 aromatic heterocycles. The van der Waals surface area contributed by atoms with Gasteiger partial charge in [-0.1, -0.05) is 13.3 Å². The second-order valence-corrected chi connectivity index (χ2v) is 5.61. The predicted octanol–water partition coefficient (Wildman–Crippen LogP) is 2.13. The van der Waals surface area contributed by atoms with E-state index in [9.17, 15) is 0 Å². The van der Waals surface area contributed by atoms with Crippen LogP contribution in [0.4, 0.5) is 0 Å². The van der Waals surface area contributed by atoms with Crippen LogP contribution in [0.3, 0.4) is 0 Å². The molecule has 2 rings (SSSR count). The standard InChI is InChI=1S/C15H28N4/c1-3-8-16-14(2)15-7-4-5-10-18(15)12-13-19-11-6-9-17-19/h6,9,11,14-16H,3-5,7-8,10,12-13H2,1-2H3. The highest BCUT2D eigenvalue weighted by atomic mass is 15.3. The van der Waals surface area contributed by atoms with E-state index in [1.54, 1.807) is 0 Å². The summed E-state index contributed by atoms with van der Waals surface area (Å²) in [5.41, 5.74) is 0. The summed E-state index contributed by atoms with van der Waals surface area (Å²) in [5.74, 6) is 0. The Labute approximate surface area is 117 Å². The van der Waals surface area contributed by atoms with Crippen LogP contribution < -0.4 is 5.32 Å². The lowest BCUT2D eigenvalue weighted by Gasteiger charge is -2.39. The molecule has 2 unspecified atom stereocenters. The lowest BCUT2D eigenvalue weighted by Crippen LogP contribution is -2.51. The number of likely N-dealkylation sites (tertiary alicyclic amines) is 1. The SMILES string of the molecule is CCCNC(C)C1CCCCN1CCn1cccn1. The average Bonchev–Trinajstić information content (AvgIpc) is 2.96. The van der Waals surface area contributed by atoms with E-state index in [2.05, 4.69) is 35.4 Å². The molecule has 1 aliphatic rings. The second kappa shape index (κ2) is 7.65. The molecule has 1 N–H and O–H groups in total. The molecule has 19 heavy (non-hydrogen) atoms. The average molecular weight is 264 g/mol. The molecule has 108 valence electrons. The first kappa shape index (κ1) is 14.5. The fourth-order valence-corrected chi connectivity index (χ4v) is 3.03. The third-order valence-electron chi connectivity index (χ3n) is 4.13. The minimum atomic E-state index is 0.595. The molecule has 4 heteroatoms. The Balaban J connectivity index is 1.84. The summed E-state index contributed by atoms with van der Waals surface area (Å²) >= 11 is 0. The van der Waals surface area contributed by atoms with E-state index >= 15 is 0 Å². The molecule has 1 saturated heterocycles. The van der Waals surface area contributed by atoms with Gasteiger partial charge in [-0.15, -0.1) is 0 Å².